The molecular weight excluding hydrogens is 430 g/mol. The van der Waals surface area contributed by atoms with Crippen molar-refractivity contribution in [1.29, 1.82) is 0 Å². The molecule has 9 heteroatoms. The van der Waals surface area contributed by atoms with E-state index in [1.54, 1.807) is 24.0 Å². The van der Waals surface area contributed by atoms with E-state index in [0.717, 1.165) is 31.2 Å². The second-order valence-corrected chi connectivity index (χ2v) is 9.10. The number of likely N-dealkylation sites (N-methyl/N-ethyl adjacent to an activating group) is 1. The number of carbonyl (C=O) groups is 3. The van der Waals surface area contributed by atoms with Crippen molar-refractivity contribution in [3.8, 4) is 0 Å². The van der Waals surface area contributed by atoms with E-state index in [9.17, 15) is 14.4 Å². The van der Waals surface area contributed by atoms with E-state index in [-0.39, 0.29) is 36.0 Å². The van der Waals surface area contributed by atoms with Crippen LogP contribution >= 0.6 is 11.6 Å². The molecule has 0 spiro atoms. The van der Waals surface area contributed by atoms with Crippen LogP contribution in [0.5, 0.6) is 0 Å². The Kier molecular flexibility index (Phi) is 6.24. The maximum atomic E-state index is 13.2. The Morgan fingerprint density at radius 1 is 1.22 bits per heavy atom. The third-order valence-corrected chi connectivity index (χ3v) is 6.64. The Balaban J connectivity index is 1.51. The van der Waals surface area contributed by atoms with E-state index >= 15 is 0 Å². The lowest BCUT2D eigenvalue weighted by Gasteiger charge is -2.43. The largest absolute Gasteiger partial charge is 0.351 e. The average Bonchev–Trinajstić information content (AvgIpc) is 3.43. The second kappa shape index (κ2) is 8.94. The normalized spacial score (nSPS) is 20.8. The molecule has 170 valence electrons. The summed E-state index contributed by atoms with van der Waals surface area (Å²) >= 11 is 5.89. The molecule has 1 fully saturated rings. The fourth-order valence-corrected chi connectivity index (χ4v) is 4.66. The van der Waals surface area contributed by atoms with Crippen LogP contribution in [0.4, 0.5) is 0 Å². The van der Waals surface area contributed by atoms with Crippen molar-refractivity contribution in [2.24, 2.45) is 0 Å². The molecule has 2 aromatic rings. The number of fused-ring (bicyclic) bond motifs is 1. The van der Waals surface area contributed by atoms with Crippen LogP contribution in [0.15, 0.2) is 30.3 Å². The van der Waals surface area contributed by atoms with Crippen molar-refractivity contribution < 1.29 is 14.4 Å². The number of hydrogen-bond acceptors (Lipinski definition) is 4. The van der Waals surface area contributed by atoms with Gasteiger partial charge in [-0.1, -0.05) is 36.6 Å². The molecule has 2 N–H and O–H groups in total. The summed E-state index contributed by atoms with van der Waals surface area (Å²) in [6.07, 6.45) is 4.14. The van der Waals surface area contributed by atoms with Crippen molar-refractivity contribution in [2.75, 3.05) is 6.54 Å². The molecule has 0 radical (unpaired) electrons. The molecule has 1 saturated carbocycles. The zero-order chi connectivity index (χ0) is 22.9. The van der Waals surface area contributed by atoms with Gasteiger partial charge in [-0.2, -0.15) is 5.10 Å². The van der Waals surface area contributed by atoms with Crippen molar-refractivity contribution in [3.63, 3.8) is 0 Å². The predicted molar refractivity (Wildman–Crippen MR) is 120 cm³/mol. The van der Waals surface area contributed by atoms with Gasteiger partial charge in [-0.3, -0.25) is 19.1 Å². The molecule has 1 aliphatic heterocycles. The summed E-state index contributed by atoms with van der Waals surface area (Å²) in [7, 11) is 0. The highest BCUT2D eigenvalue weighted by atomic mass is 35.5. The van der Waals surface area contributed by atoms with E-state index in [1.807, 2.05) is 19.1 Å². The van der Waals surface area contributed by atoms with Gasteiger partial charge in [0, 0.05) is 30.2 Å². The van der Waals surface area contributed by atoms with Gasteiger partial charge in [0.05, 0.1) is 6.54 Å². The van der Waals surface area contributed by atoms with Crippen LogP contribution in [0.25, 0.3) is 0 Å². The second-order valence-electron chi connectivity index (χ2n) is 8.66. The maximum Gasteiger partial charge on any atom is 0.273 e. The van der Waals surface area contributed by atoms with Gasteiger partial charge in [0.25, 0.3) is 11.8 Å². The lowest BCUT2D eigenvalue weighted by molar-refractivity contribution is -0.133. The number of hydrogen-bond donors (Lipinski definition) is 2. The molecule has 1 aromatic heterocycles. The number of halogens is 1. The quantitative estimate of drug-likeness (QED) is 0.697. The minimum absolute atomic E-state index is 0.152. The van der Waals surface area contributed by atoms with Crippen molar-refractivity contribution >= 4 is 29.3 Å². The minimum Gasteiger partial charge on any atom is -0.351 e. The molecule has 0 bridgehead atoms. The van der Waals surface area contributed by atoms with Gasteiger partial charge in [-0.05, 0) is 44.4 Å². The Bertz CT molecular complexity index is 1030. The Morgan fingerprint density at radius 3 is 2.56 bits per heavy atom. The first kappa shape index (κ1) is 22.3. The van der Waals surface area contributed by atoms with E-state index in [0.29, 0.717) is 23.8 Å². The number of rotatable bonds is 6. The number of carbonyl (C=O) groups excluding carboxylic acids is 3. The summed E-state index contributed by atoms with van der Waals surface area (Å²) in [6, 6.07) is 8.83. The number of nitrogens with zero attached hydrogens (tertiary/aromatic N) is 3. The Morgan fingerprint density at radius 2 is 1.91 bits per heavy atom. The summed E-state index contributed by atoms with van der Waals surface area (Å²) in [6.45, 7) is 4.52. The first-order chi connectivity index (χ1) is 15.3. The summed E-state index contributed by atoms with van der Waals surface area (Å²) in [5, 5.41) is 10.9. The lowest BCUT2D eigenvalue weighted by atomic mass is 9.94. The lowest BCUT2D eigenvalue weighted by Crippen LogP contribution is -2.64. The number of amides is 3. The number of nitrogens with one attached hydrogen (secondary N) is 2. The monoisotopic (exact) mass is 457 g/mol. The van der Waals surface area contributed by atoms with Gasteiger partial charge in [0.15, 0.2) is 5.69 Å². The molecule has 3 amide bonds. The first-order valence-electron chi connectivity index (χ1n) is 11.0. The first-order valence-corrected chi connectivity index (χ1v) is 11.4. The fraction of sp³-hybridized carbons (Fsp3) is 0.478. The topological polar surface area (TPSA) is 96.3 Å². The highest BCUT2D eigenvalue weighted by Crippen LogP contribution is 2.28. The molecular formula is C23H28ClN5O3. The van der Waals surface area contributed by atoms with Crippen molar-refractivity contribution in [2.45, 2.75) is 64.2 Å². The van der Waals surface area contributed by atoms with Crippen LogP contribution in [0, 0.1) is 0 Å². The van der Waals surface area contributed by atoms with E-state index in [2.05, 4.69) is 15.7 Å². The van der Waals surface area contributed by atoms with Crippen LogP contribution < -0.4 is 10.6 Å². The number of aromatic nitrogens is 2. The van der Waals surface area contributed by atoms with Gasteiger partial charge < -0.3 is 15.5 Å². The van der Waals surface area contributed by atoms with E-state index in [1.165, 1.54) is 10.7 Å². The van der Waals surface area contributed by atoms with Crippen LogP contribution in [-0.2, 0) is 17.9 Å². The standard InChI is InChI=1S/C23H28ClN5O3/c1-3-28-21(31)19-12-18(20(30)25-13-15-8-10-16(24)11-9-15)27-29(19)14-23(28,2)22(32)26-17-6-4-5-7-17/h8-12,17H,3-7,13-14H2,1-2H3,(H,25,30)(H,26,32)/t23-/m1/s1. The molecule has 32 heavy (non-hydrogen) atoms. The van der Waals surface area contributed by atoms with Gasteiger partial charge in [0.2, 0.25) is 5.91 Å². The van der Waals surface area contributed by atoms with Crippen LogP contribution in [0.3, 0.4) is 0 Å². The molecule has 0 unspecified atom stereocenters. The zero-order valence-corrected chi connectivity index (χ0v) is 19.1. The van der Waals surface area contributed by atoms with Crippen molar-refractivity contribution in [1.82, 2.24) is 25.3 Å². The smallest absolute Gasteiger partial charge is 0.273 e. The van der Waals surface area contributed by atoms with Crippen LogP contribution in [-0.4, -0.2) is 50.5 Å². The summed E-state index contributed by atoms with van der Waals surface area (Å²) < 4.78 is 1.49. The Hall–Kier alpha value is -2.87. The summed E-state index contributed by atoms with van der Waals surface area (Å²) in [5.74, 6) is -0.851. The van der Waals surface area contributed by atoms with Crippen LogP contribution in [0.1, 0.15) is 66.1 Å². The van der Waals surface area contributed by atoms with Crippen LogP contribution in [0.2, 0.25) is 5.02 Å². The molecule has 2 aliphatic rings. The molecule has 1 atom stereocenters. The Labute approximate surface area is 192 Å². The number of benzene rings is 1. The van der Waals surface area contributed by atoms with E-state index < -0.39 is 5.54 Å². The maximum absolute atomic E-state index is 13.2. The third kappa shape index (κ3) is 4.24. The highest BCUT2D eigenvalue weighted by molar-refractivity contribution is 6.30. The molecule has 4 rings (SSSR count). The predicted octanol–water partition coefficient (Wildman–Crippen LogP) is 2.76. The van der Waals surface area contributed by atoms with Gasteiger partial charge in [-0.25, -0.2) is 0 Å². The molecule has 8 nitrogen and oxygen atoms in total. The van der Waals surface area contributed by atoms with Gasteiger partial charge >= 0.3 is 0 Å². The average molecular weight is 458 g/mol. The third-order valence-electron chi connectivity index (χ3n) is 6.39. The van der Waals surface area contributed by atoms with Gasteiger partial charge in [-0.15, -0.1) is 0 Å². The summed E-state index contributed by atoms with van der Waals surface area (Å²) in [4.78, 5) is 40.6. The highest BCUT2D eigenvalue weighted by Gasteiger charge is 2.48. The molecule has 1 aromatic carbocycles. The van der Waals surface area contributed by atoms with Crippen molar-refractivity contribution in [3.05, 3.63) is 52.3 Å². The SMILES string of the molecule is CCN1C(=O)c2cc(C(=O)NCc3ccc(Cl)cc3)nn2C[C@]1(C)C(=O)NC1CCCC1. The minimum atomic E-state index is -1.06. The zero-order valence-electron chi connectivity index (χ0n) is 18.4. The van der Waals surface area contributed by atoms with E-state index in [4.69, 9.17) is 11.6 Å². The molecule has 2 heterocycles. The fourth-order valence-electron chi connectivity index (χ4n) is 4.53. The summed E-state index contributed by atoms with van der Waals surface area (Å²) in [5.41, 5.74) is 0.300. The molecule has 0 saturated heterocycles. The van der Waals surface area contributed by atoms with Gasteiger partial charge in [0.1, 0.15) is 11.2 Å². The molecule has 1 aliphatic carbocycles.